The SMILES string of the molecule is O=c1[nH]c(-c2cnn(-c3cccc(Cl)c3)c2)nc2ccccc12. The van der Waals surface area contributed by atoms with Gasteiger partial charge in [0.15, 0.2) is 0 Å². The monoisotopic (exact) mass is 322 g/mol. The first-order valence-electron chi connectivity index (χ1n) is 7.01. The van der Waals surface area contributed by atoms with Crippen LogP contribution in [0.15, 0.2) is 65.7 Å². The fourth-order valence-electron chi connectivity index (χ4n) is 2.43. The van der Waals surface area contributed by atoms with E-state index in [2.05, 4.69) is 15.1 Å². The molecular formula is C17H11ClN4O. The number of rotatable bonds is 2. The van der Waals surface area contributed by atoms with Gasteiger partial charge in [0, 0.05) is 11.2 Å². The molecule has 23 heavy (non-hydrogen) atoms. The maximum absolute atomic E-state index is 12.2. The van der Waals surface area contributed by atoms with Crippen molar-refractivity contribution in [2.24, 2.45) is 0 Å². The second-order valence-corrected chi connectivity index (χ2v) is 5.52. The summed E-state index contributed by atoms with van der Waals surface area (Å²) in [7, 11) is 0. The van der Waals surface area contributed by atoms with Crippen LogP contribution in [0.2, 0.25) is 5.02 Å². The van der Waals surface area contributed by atoms with Gasteiger partial charge in [-0.3, -0.25) is 4.79 Å². The molecule has 0 bridgehead atoms. The Kier molecular flexibility index (Phi) is 3.20. The number of hydrogen-bond acceptors (Lipinski definition) is 3. The molecule has 2 aromatic heterocycles. The zero-order valence-corrected chi connectivity index (χ0v) is 12.7. The number of nitrogens with zero attached hydrogens (tertiary/aromatic N) is 3. The van der Waals surface area contributed by atoms with Gasteiger partial charge in [0.05, 0.1) is 28.4 Å². The Hall–Kier alpha value is -2.92. The molecule has 112 valence electrons. The van der Waals surface area contributed by atoms with Gasteiger partial charge in [-0.05, 0) is 30.3 Å². The minimum absolute atomic E-state index is 0.166. The van der Waals surface area contributed by atoms with Crippen LogP contribution in [0.5, 0.6) is 0 Å². The van der Waals surface area contributed by atoms with Gasteiger partial charge in [0.2, 0.25) is 0 Å². The third-order valence-electron chi connectivity index (χ3n) is 3.54. The van der Waals surface area contributed by atoms with Gasteiger partial charge in [-0.25, -0.2) is 9.67 Å². The van der Waals surface area contributed by atoms with Crippen molar-refractivity contribution in [3.05, 3.63) is 76.3 Å². The molecule has 0 aliphatic rings. The molecule has 0 aliphatic carbocycles. The fraction of sp³-hybridized carbons (Fsp3) is 0. The highest BCUT2D eigenvalue weighted by atomic mass is 35.5. The number of fused-ring (bicyclic) bond motifs is 1. The van der Waals surface area contributed by atoms with Gasteiger partial charge in [0.1, 0.15) is 5.82 Å². The van der Waals surface area contributed by atoms with Crippen LogP contribution >= 0.6 is 11.6 Å². The maximum atomic E-state index is 12.2. The summed E-state index contributed by atoms with van der Waals surface area (Å²) in [5.41, 5.74) is 2.06. The van der Waals surface area contributed by atoms with Crippen molar-refractivity contribution in [1.82, 2.24) is 19.7 Å². The van der Waals surface area contributed by atoms with Crippen LogP contribution in [0.3, 0.4) is 0 Å². The molecule has 0 saturated carbocycles. The molecule has 0 atom stereocenters. The van der Waals surface area contributed by atoms with E-state index in [9.17, 15) is 4.79 Å². The summed E-state index contributed by atoms with van der Waals surface area (Å²) < 4.78 is 1.69. The summed E-state index contributed by atoms with van der Waals surface area (Å²) in [6.45, 7) is 0. The van der Waals surface area contributed by atoms with E-state index in [4.69, 9.17) is 11.6 Å². The van der Waals surface area contributed by atoms with Gasteiger partial charge >= 0.3 is 0 Å². The molecular weight excluding hydrogens is 312 g/mol. The first kappa shape index (κ1) is 13.7. The van der Waals surface area contributed by atoms with E-state index < -0.39 is 0 Å². The van der Waals surface area contributed by atoms with Gasteiger partial charge in [-0.15, -0.1) is 0 Å². The van der Waals surface area contributed by atoms with E-state index in [1.165, 1.54) is 0 Å². The van der Waals surface area contributed by atoms with Crippen LogP contribution in [-0.4, -0.2) is 19.7 Å². The van der Waals surface area contributed by atoms with E-state index in [1.807, 2.05) is 36.4 Å². The zero-order valence-electron chi connectivity index (χ0n) is 11.9. The minimum Gasteiger partial charge on any atom is -0.306 e. The Morgan fingerprint density at radius 3 is 2.83 bits per heavy atom. The standard InChI is InChI=1S/C17H11ClN4O/c18-12-4-3-5-13(8-12)22-10-11(9-19-22)16-20-15-7-2-1-6-14(15)17(23)21-16/h1-10H,(H,20,21,23). The average Bonchev–Trinajstić information content (AvgIpc) is 3.05. The molecule has 6 heteroatoms. The zero-order chi connectivity index (χ0) is 15.8. The number of aromatic nitrogens is 4. The third-order valence-corrected chi connectivity index (χ3v) is 3.78. The lowest BCUT2D eigenvalue weighted by Crippen LogP contribution is -2.09. The quantitative estimate of drug-likeness (QED) is 0.615. The van der Waals surface area contributed by atoms with Crippen molar-refractivity contribution < 1.29 is 0 Å². The summed E-state index contributed by atoms with van der Waals surface area (Å²) in [5.74, 6) is 0.488. The molecule has 0 radical (unpaired) electrons. The maximum Gasteiger partial charge on any atom is 0.259 e. The fourth-order valence-corrected chi connectivity index (χ4v) is 2.61. The van der Waals surface area contributed by atoms with Crippen LogP contribution in [0.4, 0.5) is 0 Å². The number of aromatic amines is 1. The second-order valence-electron chi connectivity index (χ2n) is 5.09. The highest BCUT2D eigenvalue weighted by molar-refractivity contribution is 6.30. The van der Waals surface area contributed by atoms with Crippen molar-refractivity contribution in [1.29, 1.82) is 0 Å². The van der Waals surface area contributed by atoms with E-state index in [1.54, 1.807) is 29.2 Å². The lowest BCUT2D eigenvalue weighted by atomic mass is 10.2. The summed E-state index contributed by atoms with van der Waals surface area (Å²) in [5, 5.41) is 5.51. The molecule has 0 fully saturated rings. The molecule has 4 rings (SSSR count). The molecule has 2 heterocycles. The minimum atomic E-state index is -0.166. The van der Waals surface area contributed by atoms with Crippen LogP contribution in [-0.2, 0) is 0 Å². The molecule has 2 aromatic carbocycles. The Balaban J connectivity index is 1.82. The van der Waals surface area contributed by atoms with Crippen LogP contribution < -0.4 is 5.56 Å². The lowest BCUT2D eigenvalue weighted by molar-refractivity contribution is 0.880. The largest absolute Gasteiger partial charge is 0.306 e. The van der Waals surface area contributed by atoms with E-state index in [0.717, 1.165) is 11.3 Å². The van der Waals surface area contributed by atoms with Crippen molar-refractivity contribution in [2.45, 2.75) is 0 Å². The highest BCUT2D eigenvalue weighted by Gasteiger charge is 2.08. The number of hydrogen-bond donors (Lipinski definition) is 1. The van der Waals surface area contributed by atoms with E-state index in [-0.39, 0.29) is 5.56 Å². The normalized spacial score (nSPS) is 11.0. The summed E-state index contributed by atoms with van der Waals surface area (Å²) in [6.07, 6.45) is 3.46. The molecule has 0 aliphatic heterocycles. The lowest BCUT2D eigenvalue weighted by Gasteiger charge is -2.01. The molecule has 0 unspecified atom stereocenters. The third kappa shape index (κ3) is 2.51. The summed E-state index contributed by atoms with van der Waals surface area (Å²) in [4.78, 5) is 19.4. The molecule has 0 amide bonds. The van der Waals surface area contributed by atoms with Gasteiger partial charge in [0.25, 0.3) is 5.56 Å². The number of halogens is 1. The number of H-pyrrole nitrogens is 1. The predicted molar refractivity (Wildman–Crippen MR) is 89.9 cm³/mol. The second kappa shape index (κ2) is 5.37. The Morgan fingerprint density at radius 2 is 1.96 bits per heavy atom. The molecule has 0 saturated heterocycles. The van der Waals surface area contributed by atoms with Crippen LogP contribution in [0.25, 0.3) is 28.0 Å². The van der Waals surface area contributed by atoms with Crippen molar-refractivity contribution >= 4 is 22.5 Å². The van der Waals surface area contributed by atoms with Crippen molar-refractivity contribution in [3.8, 4) is 17.1 Å². The number of nitrogens with one attached hydrogen (secondary N) is 1. The molecule has 1 N–H and O–H groups in total. The Bertz CT molecular complexity index is 1070. The first-order valence-corrected chi connectivity index (χ1v) is 7.38. The van der Waals surface area contributed by atoms with E-state index in [0.29, 0.717) is 21.7 Å². The number of benzene rings is 2. The Labute approximate surface area is 136 Å². The van der Waals surface area contributed by atoms with Gasteiger partial charge in [-0.2, -0.15) is 5.10 Å². The van der Waals surface area contributed by atoms with Gasteiger partial charge < -0.3 is 4.98 Å². The molecule has 4 aromatic rings. The van der Waals surface area contributed by atoms with Gasteiger partial charge in [-0.1, -0.05) is 29.8 Å². The van der Waals surface area contributed by atoms with Crippen LogP contribution in [0.1, 0.15) is 0 Å². The van der Waals surface area contributed by atoms with Crippen molar-refractivity contribution in [3.63, 3.8) is 0 Å². The average molecular weight is 323 g/mol. The molecule has 0 spiro atoms. The van der Waals surface area contributed by atoms with Crippen molar-refractivity contribution in [2.75, 3.05) is 0 Å². The highest BCUT2D eigenvalue weighted by Crippen LogP contribution is 2.19. The topological polar surface area (TPSA) is 63.6 Å². The summed E-state index contributed by atoms with van der Waals surface area (Å²) in [6, 6.07) is 14.6. The molecule has 5 nitrogen and oxygen atoms in total. The van der Waals surface area contributed by atoms with Crippen LogP contribution in [0, 0.1) is 0 Å². The first-order chi connectivity index (χ1) is 11.2. The summed E-state index contributed by atoms with van der Waals surface area (Å²) >= 11 is 6.00. The van der Waals surface area contributed by atoms with E-state index >= 15 is 0 Å². The smallest absolute Gasteiger partial charge is 0.259 e. The Morgan fingerprint density at radius 1 is 1.09 bits per heavy atom. The number of para-hydroxylation sites is 1. The predicted octanol–water partition coefficient (Wildman–Crippen LogP) is 3.43.